The lowest BCUT2D eigenvalue weighted by molar-refractivity contribution is -0.123. The first-order chi connectivity index (χ1) is 13.1. The summed E-state index contributed by atoms with van der Waals surface area (Å²) in [5.74, 6) is 0.479. The second-order valence-corrected chi connectivity index (χ2v) is 6.02. The van der Waals surface area contributed by atoms with Crippen LogP contribution in [0.2, 0.25) is 0 Å². The molecule has 1 aromatic carbocycles. The molecular weight excluding hydrogens is 346 g/mol. The Morgan fingerprint density at radius 2 is 2.00 bits per heavy atom. The molecule has 1 atom stereocenters. The number of carbonyl (C=O) groups excluding carboxylic acids is 2. The van der Waals surface area contributed by atoms with Crippen molar-refractivity contribution in [1.29, 1.82) is 0 Å². The van der Waals surface area contributed by atoms with E-state index in [1.165, 1.54) is 6.92 Å². The zero-order chi connectivity index (χ0) is 18.8. The van der Waals surface area contributed by atoms with Gasteiger partial charge in [0.25, 0.3) is 5.91 Å². The zero-order valence-corrected chi connectivity index (χ0v) is 14.6. The highest BCUT2D eigenvalue weighted by molar-refractivity contribution is 6.00. The molecule has 0 bridgehead atoms. The molecule has 0 fully saturated rings. The van der Waals surface area contributed by atoms with Gasteiger partial charge in [-0.05, 0) is 30.3 Å². The zero-order valence-electron chi connectivity index (χ0n) is 14.6. The molecule has 0 saturated carbocycles. The molecule has 8 nitrogen and oxygen atoms in total. The summed E-state index contributed by atoms with van der Waals surface area (Å²) in [5, 5.41) is 6.98. The molecule has 0 unspecified atom stereocenters. The Bertz CT molecular complexity index is 987. The van der Waals surface area contributed by atoms with Crippen LogP contribution >= 0.6 is 0 Å². The average molecular weight is 363 g/mol. The van der Waals surface area contributed by atoms with Gasteiger partial charge < -0.3 is 15.0 Å². The van der Waals surface area contributed by atoms with Crippen LogP contribution in [0.4, 0.5) is 11.4 Å². The quantitative estimate of drug-likeness (QED) is 0.769. The van der Waals surface area contributed by atoms with Crippen molar-refractivity contribution in [3.05, 3.63) is 61.1 Å². The molecule has 27 heavy (non-hydrogen) atoms. The van der Waals surface area contributed by atoms with E-state index in [0.29, 0.717) is 22.9 Å². The average Bonchev–Trinajstić information content (AvgIpc) is 3.22. The first-order valence-corrected chi connectivity index (χ1v) is 8.43. The molecule has 0 saturated heterocycles. The lowest BCUT2D eigenvalue weighted by Crippen LogP contribution is -2.48. The van der Waals surface area contributed by atoms with E-state index in [1.807, 2.05) is 6.07 Å². The number of hydrogen-bond donors (Lipinski definition) is 1. The number of fused-ring (bicyclic) bond motifs is 1. The summed E-state index contributed by atoms with van der Waals surface area (Å²) in [6.45, 7) is 1.60. The number of nitrogens with zero attached hydrogens (tertiary/aromatic N) is 4. The van der Waals surface area contributed by atoms with Crippen LogP contribution in [0.25, 0.3) is 5.82 Å². The minimum Gasteiger partial charge on any atom is -0.476 e. The number of benzene rings is 1. The van der Waals surface area contributed by atoms with E-state index >= 15 is 0 Å². The molecule has 1 aliphatic heterocycles. The number of amides is 2. The Labute approximate surface area is 155 Å². The Hall–Kier alpha value is -3.68. The van der Waals surface area contributed by atoms with Gasteiger partial charge in [0, 0.05) is 25.5 Å². The summed E-state index contributed by atoms with van der Waals surface area (Å²) in [4.78, 5) is 30.7. The van der Waals surface area contributed by atoms with Gasteiger partial charge in [-0.2, -0.15) is 5.10 Å². The Balaban J connectivity index is 1.59. The number of anilines is 2. The van der Waals surface area contributed by atoms with E-state index in [-0.39, 0.29) is 18.4 Å². The molecular formula is C19H17N5O3. The van der Waals surface area contributed by atoms with Crippen molar-refractivity contribution < 1.29 is 14.3 Å². The monoisotopic (exact) mass is 363 g/mol. The summed E-state index contributed by atoms with van der Waals surface area (Å²) in [6, 6.07) is 12.4. The molecule has 3 heterocycles. The maximum absolute atomic E-state index is 12.8. The van der Waals surface area contributed by atoms with E-state index in [0.717, 1.165) is 0 Å². The SMILES string of the molecule is CC(=O)N1C[C@H](C(=O)Nc2cccnc2-n2cccn2)Oc2ccccc21. The van der Waals surface area contributed by atoms with Gasteiger partial charge in [-0.3, -0.25) is 9.59 Å². The van der Waals surface area contributed by atoms with Crippen LogP contribution in [0.3, 0.4) is 0 Å². The molecule has 4 rings (SSSR count). The van der Waals surface area contributed by atoms with Crippen molar-refractivity contribution in [3.8, 4) is 11.6 Å². The number of pyridine rings is 1. The number of hydrogen-bond acceptors (Lipinski definition) is 5. The number of ether oxygens (including phenoxy) is 1. The fraction of sp³-hybridized carbons (Fsp3) is 0.158. The number of aromatic nitrogens is 3. The third kappa shape index (κ3) is 3.24. The normalized spacial score (nSPS) is 15.6. The van der Waals surface area contributed by atoms with Crippen LogP contribution in [0.5, 0.6) is 5.75 Å². The third-order valence-corrected chi connectivity index (χ3v) is 4.21. The van der Waals surface area contributed by atoms with E-state index in [4.69, 9.17) is 4.74 Å². The van der Waals surface area contributed by atoms with Gasteiger partial charge in [-0.15, -0.1) is 0 Å². The predicted octanol–water partition coefficient (Wildman–Crippen LogP) is 2.02. The maximum atomic E-state index is 12.8. The largest absolute Gasteiger partial charge is 0.476 e. The topological polar surface area (TPSA) is 89.4 Å². The minimum atomic E-state index is -0.838. The van der Waals surface area contributed by atoms with Crippen LogP contribution in [0.15, 0.2) is 61.1 Å². The van der Waals surface area contributed by atoms with Crippen LogP contribution in [-0.4, -0.2) is 39.2 Å². The van der Waals surface area contributed by atoms with Crippen molar-refractivity contribution in [2.45, 2.75) is 13.0 Å². The van der Waals surface area contributed by atoms with Crippen LogP contribution in [-0.2, 0) is 9.59 Å². The van der Waals surface area contributed by atoms with Gasteiger partial charge in [0.1, 0.15) is 5.75 Å². The molecule has 2 aromatic heterocycles. The Kier molecular flexibility index (Phi) is 4.29. The molecule has 0 spiro atoms. The van der Waals surface area contributed by atoms with Gasteiger partial charge >= 0.3 is 0 Å². The third-order valence-electron chi connectivity index (χ3n) is 4.21. The van der Waals surface area contributed by atoms with Gasteiger partial charge in [-0.1, -0.05) is 12.1 Å². The Morgan fingerprint density at radius 3 is 2.78 bits per heavy atom. The molecule has 8 heteroatoms. The molecule has 136 valence electrons. The number of carbonyl (C=O) groups is 2. The van der Waals surface area contributed by atoms with Crippen LogP contribution < -0.4 is 15.0 Å². The smallest absolute Gasteiger partial charge is 0.267 e. The maximum Gasteiger partial charge on any atom is 0.267 e. The summed E-state index contributed by atoms with van der Waals surface area (Å²) in [5.41, 5.74) is 1.16. The standard InChI is InChI=1S/C19H17N5O3/c1-13(25)23-12-17(27-16-8-3-2-7-15(16)23)19(26)22-14-6-4-9-20-18(14)24-11-5-10-21-24/h2-11,17H,12H2,1H3,(H,22,26)/t17-/m1/s1. The first kappa shape index (κ1) is 16.8. The van der Waals surface area contributed by atoms with Crippen molar-refractivity contribution in [1.82, 2.24) is 14.8 Å². The number of para-hydroxylation sites is 2. The summed E-state index contributed by atoms with van der Waals surface area (Å²) in [6.07, 6.45) is 4.15. The molecule has 0 aliphatic carbocycles. The summed E-state index contributed by atoms with van der Waals surface area (Å²) in [7, 11) is 0. The van der Waals surface area contributed by atoms with Crippen molar-refractivity contribution >= 4 is 23.2 Å². The highest BCUT2D eigenvalue weighted by Gasteiger charge is 2.32. The fourth-order valence-corrected chi connectivity index (χ4v) is 2.95. The van der Waals surface area contributed by atoms with Gasteiger partial charge in [0.15, 0.2) is 11.9 Å². The van der Waals surface area contributed by atoms with E-state index < -0.39 is 6.10 Å². The lowest BCUT2D eigenvalue weighted by Gasteiger charge is -2.33. The van der Waals surface area contributed by atoms with E-state index in [9.17, 15) is 9.59 Å². The van der Waals surface area contributed by atoms with E-state index in [2.05, 4.69) is 15.4 Å². The molecule has 1 aliphatic rings. The van der Waals surface area contributed by atoms with Crippen LogP contribution in [0.1, 0.15) is 6.92 Å². The summed E-state index contributed by atoms with van der Waals surface area (Å²) >= 11 is 0. The molecule has 0 radical (unpaired) electrons. The highest BCUT2D eigenvalue weighted by Crippen LogP contribution is 2.33. The van der Waals surface area contributed by atoms with Crippen LogP contribution in [0, 0.1) is 0 Å². The first-order valence-electron chi connectivity index (χ1n) is 8.43. The minimum absolute atomic E-state index is 0.134. The molecule has 3 aromatic rings. The van der Waals surface area contributed by atoms with E-state index in [1.54, 1.807) is 64.6 Å². The number of nitrogens with one attached hydrogen (secondary N) is 1. The lowest BCUT2D eigenvalue weighted by atomic mass is 10.1. The van der Waals surface area contributed by atoms with Gasteiger partial charge in [0.2, 0.25) is 5.91 Å². The van der Waals surface area contributed by atoms with Crippen molar-refractivity contribution in [2.75, 3.05) is 16.8 Å². The molecule has 1 N–H and O–H groups in total. The predicted molar refractivity (Wildman–Crippen MR) is 98.9 cm³/mol. The summed E-state index contributed by atoms with van der Waals surface area (Å²) < 4.78 is 7.39. The van der Waals surface area contributed by atoms with Gasteiger partial charge in [-0.25, -0.2) is 9.67 Å². The van der Waals surface area contributed by atoms with Crippen molar-refractivity contribution in [2.24, 2.45) is 0 Å². The second-order valence-electron chi connectivity index (χ2n) is 6.02. The van der Waals surface area contributed by atoms with Crippen molar-refractivity contribution in [3.63, 3.8) is 0 Å². The highest BCUT2D eigenvalue weighted by atomic mass is 16.5. The van der Waals surface area contributed by atoms with Gasteiger partial charge in [0.05, 0.1) is 17.9 Å². The second kappa shape index (κ2) is 6.91. The number of rotatable bonds is 3. The fourth-order valence-electron chi connectivity index (χ4n) is 2.95. The Morgan fingerprint density at radius 1 is 1.15 bits per heavy atom. The molecule has 2 amide bonds.